The molecule has 28 heavy (non-hydrogen) atoms. The molecule has 146 valence electrons. The van der Waals surface area contributed by atoms with Crippen molar-refractivity contribution in [1.29, 1.82) is 0 Å². The maximum atomic E-state index is 12.6. The first-order chi connectivity index (χ1) is 13.5. The van der Waals surface area contributed by atoms with Gasteiger partial charge in [-0.15, -0.1) is 16.8 Å². The van der Waals surface area contributed by atoms with Crippen molar-refractivity contribution in [3.05, 3.63) is 66.1 Å². The number of hydrogen-bond acceptors (Lipinski definition) is 5. The number of carbonyl (C=O) groups is 1. The van der Waals surface area contributed by atoms with Crippen LogP contribution in [-0.2, 0) is 17.9 Å². The monoisotopic (exact) mass is 396 g/mol. The normalized spacial score (nSPS) is 10.8. The van der Waals surface area contributed by atoms with Crippen molar-refractivity contribution in [3.63, 3.8) is 0 Å². The molecule has 0 bridgehead atoms. The van der Waals surface area contributed by atoms with Crippen LogP contribution in [0.1, 0.15) is 16.9 Å². The molecule has 0 N–H and O–H groups in total. The summed E-state index contributed by atoms with van der Waals surface area (Å²) < 4.78 is 7.33. The number of allylic oxidation sites excluding steroid dienone is 1. The lowest BCUT2D eigenvalue weighted by Crippen LogP contribution is -2.28. The Morgan fingerprint density at radius 1 is 1.29 bits per heavy atom. The molecule has 1 aromatic carbocycles. The van der Waals surface area contributed by atoms with Crippen LogP contribution in [0, 0.1) is 13.8 Å². The third-order valence-corrected chi connectivity index (χ3v) is 5.50. The Labute approximate surface area is 169 Å². The highest BCUT2D eigenvalue weighted by molar-refractivity contribution is 7.99. The molecule has 0 atom stereocenters. The Kier molecular flexibility index (Phi) is 6.36. The highest BCUT2D eigenvalue weighted by Crippen LogP contribution is 2.27. The second-order valence-electron chi connectivity index (χ2n) is 6.56. The molecule has 0 saturated carbocycles. The Bertz CT molecular complexity index is 976. The lowest BCUT2D eigenvalue weighted by atomic mass is 10.1. The van der Waals surface area contributed by atoms with Crippen LogP contribution >= 0.6 is 11.8 Å². The van der Waals surface area contributed by atoms with Gasteiger partial charge in [0, 0.05) is 20.1 Å². The quantitative estimate of drug-likeness (QED) is 0.424. The third kappa shape index (κ3) is 4.36. The predicted molar refractivity (Wildman–Crippen MR) is 111 cm³/mol. The van der Waals surface area contributed by atoms with Gasteiger partial charge in [0.05, 0.1) is 17.6 Å². The van der Waals surface area contributed by atoms with Gasteiger partial charge in [0.25, 0.3) is 0 Å². The number of furan rings is 1. The molecule has 0 aliphatic rings. The smallest absolute Gasteiger partial charge is 0.233 e. The lowest BCUT2D eigenvalue weighted by Gasteiger charge is -2.18. The van der Waals surface area contributed by atoms with Crippen molar-refractivity contribution >= 4 is 17.7 Å². The molecule has 0 aliphatic heterocycles. The standard InChI is InChI=1S/C21H24N4O2S/c1-5-11-25-20(18-10-12-27-16(18)3)22-23-21(25)28-14-19(26)24(4)13-17-9-7-6-8-15(17)2/h5-10,12H,1,11,13-14H2,2-4H3. The molecule has 0 fully saturated rings. The van der Waals surface area contributed by atoms with E-state index in [4.69, 9.17) is 4.42 Å². The van der Waals surface area contributed by atoms with Crippen molar-refractivity contribution < 1.29 is 9.21 Å². The van der Waals surface area contributed by atoms with E-state index < -0.39 is 0 Å². The van der Waals surface area contributed by atoms with Gasteiger partial charge in [0.2, 0.25) is 5.91 Å². The zero-order valence-corrected chi connectivity index (χ0v) is 17.2. The number of nitrogens with zero attached hydrogens (tertiary/aromatic N) is 4. The van der Waals surface area contributed by atoms with Gasteiger partial charge in [-0.3, -0.25) is 9.36 Å². The van der Waals surface area contributed by atoms with Gasteiger partial charge < -0.3 is 9.32 Å². The SMILES string of the molecule is C=CCn1c(SCC(=O)N(C)Cc2ccccc2C)nnc1-c1ccoc1C. The first kappa shape index (κ1) is 19.9. The van der Waals surface area contributed by atoms with Gasteiger partial charge >= 0.3 is 0 Å². The minimum Gasteiger partial charge on any atom is -0.469 e. The molecule has 6 nitrogen and oxygen atoms in total. The van der Waals surface area contributed by atoms with E-state index in [0.717, 1.165) is 22.7 Å². The Hall–Kier alpha value is -2.80. The number of thioether (sulfide) groups is 1. The number of rotatable bonds is 8. The van der Waals surface area contributed by atoms with Gasteiger partial charge in [0.1, 0.15) is 5.76 Å². The summed E-state index contributed by atoms with van der Waals surface area (Å²) in [4.78, 5) is 14.3. The summed E-state index contributed by atoms with van der Waals surface area (Å²) in [6, 6.07) is 9.97. The summed E-state index contributed by atoms with van der Waals surface area (Å²) in [6.45, 7) is 8.91. The number of aryl methyl sites for hydroxylation is 2. The van der Waals surface area contributed by atoms with Crippen molar-refractivity contribution in [2.75, 3.05) is 12.8 Å². The van der Waals surface area contributed by atoms with E-state index >= 15 is 0 Å². The average Bonchev–Trinajstić information content (AvgIpc) is 3.27. The van der Waals surface area contributed by atoms with Gasteiger partial charge in [-0.1, -0.05) is 42.1 Å². The average molecular weight is 397 g/mol. The minimum atomic E-state index is 0.0439. The highest BCUT2D eigenvalue weighted by Gasteiger charge is 2.18. The second kappa shape index (κ2) is 8.93. The minimum absolute atomic E-state index is 0.0439. The van der Waals surface area contributed by atoms with Crippen molar-refractivity contribution in [3.8, 4) is 11.4 Å². The number of aromatic nitrogens is 3. The largest absolute Gasteiger partial charge is 0.469 e. The topological polar surface area (TPSA) is 64.2 Å². The Balaban J connectivity index is 1.69. The van der Waals surface area contributed by atoms with E-state index in [-0.39, 0.29) is 5.91 Å². The van der Waals surface area contributed by atoms with Crippen LogP contribution < -0.4 is 0 Å². The molecule has 1 amide bonds. The van der Waals surface area contributed by atoms with Crippen LogP contribution in [0.4, 0.5) is 0 Å². The summed E-state index contributed by atoms with van der Waals surface area (Å²) in [5, 5.41) is 9.26. The van der Waals surface area contributed by atoms with Crippen LogP contribution in [0.15, 0.2) is 58.8 Å². The van der Waals surface area contributed by atoms with Crippen LogP contribution in [-0.4, -0.2) is 38.4 Å². The van der Waals surface area contributed by atoms with Crippen molar-refractivity contribution in [2.45, 2.75) is 32.1 Å². The maximum absolute atomic E-state index is 12.6. The van der Waals surface area contributed by atoms with Gasteiger partial charge in [-0.2, -0.15) is 0 Å². The van der Waals surface area contributed by atoms with Gasteiger partial charge in [-0.05, 0) is 31.0 Å². The zero-order chi connectivity index (χ0) is 20.1. The first-order valence-corrected chi connectivity index (χ1v) is 9.99. The van der Waals surface area contributed by atoms with Crippen LogP contribution in [0.25, 0.3) is 11.4 Å². The summed E-state index contributed by atoms with van der Waals surface area (Å²) in [5.74, 6) is 1.84. The second-order valence-corrected chi connectivity index (χ2v) is 7.50. The predicted octanol–water partition coefficient (Wildman–Crippen LogP) is 4.09. The zero-order valence-electron chi connectivity index (χ0n) is 16.4. The molecular weight excluding hydrogens is 372 g/mol. The number of carbonyl (C=O) groups excluding carboxylic acids is 1. The van der Waals surface area contributed by atoms with Crippen LogP contribution in [0.3, 0.4) is 0 Å². The fraction of sp³-hybridized carbons (Fsp3) is 0.286. The van der Waals surface area contributed by atoms with E-state index in [1.165, 1.54) is 17.3 Å². The number of benzene rings is 1. The maximum Gasteiger partial charge on any atom is 0.233 e. The lowest BCUT2D eigenvalue weighted by molar-refractivity contribution is -0.127. The van der Waals surface area contributed by atoms with Crippen molar-refractivity contribution in [2.24, 2.45) is 0 Å². The van der Waals surface area contributed by atoms with E-state index in [0.29, 0.717) is 24.0 Å². The highest BCUT2D eigenvalue weighted by atomic mass is 32.2. The van der Waals surface area contributed by atoms with E-state index in [1.807, 2.05) is 42.8 Å². The third-order valence-electron chi connectivity index (χ3n) is 4.55. The van der Waals surface area contributed by atoms with Gasteiger partial charge in [0.15, 0.2) is 11.0 Å². The van der Waals surface area contributed by atoms with Crippen molar-refractivity contribution in [1.82, 2.24) is 19.7 Å². The van der Waals surface area contributed by atoms with E-state index in [9.17, 15) is 4.79 Å². The molecule has 0 unspecified atom stereocenters. The molecule has 0 aliphatic carbocycles. The molecular formula is C21H24N4O2S. The summed E-state index contributed by atoms with van der Waals surface area (Å²) in [7, 11) is 1.82. The first-order valence-electron chi connectivity index (χ1n) is 9.01. The molecule has 7 heteroatoms. The molecule has 2 heterocycles. The fourth-order valence-electron chi connectivity index (χ4n) is 2.87. The van der Waals surface area contributed by atoms with E-state index in [1.54, 1.807) is 17.2 Å². The number of amides is 1. The molecule has 0 saturated heterocycles. The molecule has 0 spiro atoms. The summed E-state index contributed by atoms with van der Waals surface area (Å²) in [5.41, 5.74) is 3.22. The van der Waals surface area contributed by atoms with Crippen LogP contribution in [0.5, 0.6) is 0 Å². The number of hydrogen-bond donors (Lipinski definition) is 0. The van der Waals surface area contributed by atoms with Gasteiger partial charge in [-0.25, -0.2) is 0 Å². The fourth-order valence-corrected chi connectivity index (χ4v) is 3.76. The van der Waals surface area contributed by atoms with Crippen LogP contribution in [0.2, 0.25) is 0 Å². The Morgan fingerprint density at radius 3 is 2.75 bits per heavy atom. The summed E-state index contributed by atoms with van der Waals surface area (Å²) in [6.07, 6.45) is 3.42. The van der Waals surface area contributed by atoms with E-state index in [2.05, 4.69) is 29.8 Å². The molecule has 0 radical (unpaired) electrons. The molecule has 3 aromatic rings. The Morgan fingerprint density at radius 2 is 2.07 bits per heavy atom. The molecule has 2 aromatic heterocycles. The molecule has 3 rings (SSSR count). The summed E-state index contributed by atoms with van der Waals surface area (Å²) >= 11 is 1.38.